The molecular weight excluding hydrogens is 256 g/mol. The first-order valence-corrected chi connectivity index (χ1v) is 6.33. The minimum absolute atomic E-state index is 0.119. The molecule has 5 heteroatoms. The summed E-state index contributed by atoms with van der Waals surface area (Å²) < 4.78 is 4.78. The van der Waals surface area contributed by atoms with Gasteiger partial charge in [-0.1, -0.05) is 24.3 Å². The van der Waals surface area contributed by atoms with Crippen LogP contribution in [0.5, 0.6) is 0 Å². The predicted octanol–water partition coefficient (Wildman–Crippen LogP) is 1.76. The Hall–Kier alpha value is -2.43. The van der Waals surface area contributed by atoms with E-state index in [0.29, 0.717) is 12.1 Å². The topological polar surface area (TPSA) is 82.3 Å². The number of methoxy groups -OCH3 is 1. The monoisotopic (exact) mass is 272 g/mol. The summed E-state index contributed by atoms with van der Waals surface area (Å²) in [6.07, 6.45) is 0.418. The third-order valence-corrected chi connectivity index (χ3v) is 3.14. The van der Waals surface area contributed by atoms with Gasteiger partial charge in [0.05, 0.1) is 24.2 Å². The molecule has 2 N–H and O–H groups in total. The molecule has 0 radical (unpaired) electrons. The number of pyridine rings is 1. The fraction of sp³-hybridized carbons (Fsp3) is 0.267. The van der Waals surface area contributed by atoms with Crippen molar-refractivity contribution in [2.45, 2.75) is 18.8 Å². The highest BCUT2D eigenvalue weighted by atomic mass is 16.5. The highest BCUT2D eigenvalue weighted by Crippen LogP contribution is 2.23. The number of fused-ring (bicyclic) bond motifs is 1. The molecule has 0 saturated heterocycles. The van der Waals surface area contributed by atoms with Crippen LogP contribution in [0.3, 0.4) is 0 Å². The molecule has 1 amide bonds. The van der Waals surface area contributed by atoms with E-state index in [1.54, 1.807) is 6.07 Å². The fourth-order valence-corrected chi connectivity index (χ4v) is 2.09. The van der Waals surface area contributed by atoms with E-state index in [4.69, 9.17) is 10.5 Å². The van der Waals surface area contributed by atoms with E-state index < -0.39 is 17.8 Å². The number of esters is 1. The average Bonchev–Trinajstić information content (AvgIpc) is 2.46. The Morgan fingerprint density at radius 1 is 1.25 bits per heavy atom. The molecule has 0 aliphatic carbocycles. The molecule has 0 spiro atoms. The molecule has 2 rings (SSSR count). The summed E-state index contributed by atoms with van der Waals surface area (Å²) in [5.41, 5.74) is 6.54. The summed E-state index contributed by atoms with van der Waals surface area (Å²) in [5, 5.41) is 0.995. The van der Waals surface area contributed by atoms with E-state index in [0.717, 1.165) is 10.9 Å². The fourth-order valence-electron chi connectivity index (χ4n) is 2.09. The molecule has 0 fully saturated rings. The molecule has 104 valence electrons. The summed E-state index contributed by atoms with van der Waals surface area (Å²) in [6.45, 7) is 0. The maximum Gasteiger partial charge on any atom is 0.314 e. The van der Waals surface area contributed by atoms with Crippen LogP contribution < -0.4 is 5.73 Å². The molecule has 1 unspecified atom stereocenters. The van der Waals surface area contributed by atoms with Gasteiger partial charge in [0.2, 0.25) is 5.91 Å². The molecular formula is C15H16N2O3. The van der Waals surface area contributed by atoms with E-state index in [1.165, 1.54) is 7.11 Å². The van der Waals surface area contributed by atoms with Gasteiger partial charge in [0.1, 0.15) is 0 Å². The number of para-hydroxylation sites is 1. The van der Waals surface area contributed by atoms with Crippen LogP contribution in [0.25, 0.3) is 10.9 Å². The van der Waals surface area contributed by atoms with E-state index in [9.17, 15) is 9.59 Å². The number of carbonyl (C=O) groups is 2. The zero-order valence-electron chi connectivity index (χ0n) is 11.2. The number of amides is 1. The predicted molar refractivity (Wildman–Crippen MR) is 74.9 cm³/mol. The van der Waals surface area contributed by atoms with E-state index >= 15 is 0 Å². The second kappa shape index (κ2) is 6.14. The quantitative estimate of drug-likeness (QED) is 0.841. The second-order valence-corrected chi connectivity index (χ2v) is 4.51. The SMILES string of the molecule is COC(=O)C(CCC(N)=O)c1ccc2ccccc2n1. The van der Waals surface area contributed by atoms with Gasteiger partial charge in [-0.2, -0.15) is 0 Å². The first kappa shape index (κ1) is 14.0. The van der Waals surface area contributed by atoms with Crippen molar-refractivity contribution in [1.82, 2.24) is 4.98 Å². The van der Waals surface area contributed by atoms with Gasteiger partial charge < -0.3 is 10.5 Å². The molecule has 1 aromatic heterocycles. The van der Waals surface area contributed by atoms with Crippen LogP contribution in [-0.4, -0.2) is 24.0 Å². The molecule has 2 aromatic rings. The van der Waals surface area contributed by atoms with Crippen LogP contribution in [0.2, 0.25) is 0 Å². The lowest BCUT2D eigenvalue weighted by molar-refractivity contribution is -0.142. The van der Waals surface area contributed by atoms with Crippen LogP contribution in [0.1, 0.15) is 24.5 Å². The van der Waals surface area contributed by atoms with Gasteiger partial charge >= 0.3 is 5.97 Å². The Morgan fingerprint density at radius 3 is 2.70 bits per heavy atom. The van der Waals surface area contributed by atoms with Crippen LogP contribution >= 0.6 is 0 Å². The van der Waals surface area contributed by atoms with Gasteiger partial charge in [-0.05, 0) is 18.6 Å². The van der Waals surface area contributed by atoms with Gasteiger partial charge in [0.15, 0.2) is 0 Å². The Balaban J connectivity index is 2.34. The number of primary amides is 1. The number of nitrogens with two attached hydrogens (primary N) is 1. The van der Waals surface area contributed by atoms with Gasteiger partial charge in [-0.3, -0.25) is 14.6 Å². The van der Waals surface area contributed by atoms with Gasteiger partial charge in [-0.15, -0.1) is 0 Å². The van der Waals surface area contributed by atoms with Crippen molar-refractivity contribution >= 4 is 22.8 Å². The van der Waals surface area contributed by atoms with Crippen LogP contribution in [0.4, 0.5) is 0 Å². The first-order valence-electron chi connectivity index (χ1n) is 6.33. The van der Waals surface area contributed by atoms with Crippen molar-refractivity contribution in [2.24, 2.45) is 5.73 Å². The number of hydrogen-bond donors (Lipinski definition) is 1. The highest BCUT2D eigenvalue weighted by molar-refractivity contribution is 5.82. The highest BCUT2D eigenvalue weighted by Gasteiger charge is 2.23. The lowest BCUT2D eigenvalue weighted by Crippen LogP contribution is -2.19. The number of benzene rings is 1. The average molecular weight is 272 g/mol. The number of hydrogen-bond acceptors (Lipinski definition) is 4. The molecule has 0 aliphatic rings. The van der Waals surface area contributed by atoms with Crippen molar-refractivity contribution < 1.29 is 14.3 Å². The molecule has 0 saturated carbocycles. The molecule has 1 heterocycles. The number of rotatable bonds is 5. The smallest absolute Gasteiger partial charge is 0.314 e. The number of carbonyl (C=O) groups excluding carboxylic acids is 2. The van der Waals surface area contributed by atoms with E-state index in [2.05, 4.69) is 4.98 Å². The zero-order chi connectivity index (χ0) is 14.5. The third kappa shape index (κ3) is 3.12. The molecule has 1 aromatic carbocycles. The number of nitrogens with zero attached hydrogens (tertiary/aromatic N) is 1. The molecule has 0 bridgehead atoms. The maximum absolute atomic E-state index is 11.8. The minimum Gasteiger partial charge on any atom is -0.469 e. The van der Waals surface area contributed by atoms with Crippen molar-refractivity contribution in [1.29, 1.82) is 0 Å². The Morgan fingerprint density at radius 2 is 2.00 bits per heavy atom. The Bertz CT molecular complexity index is 640. The zero-order valence-corrected chi connectivity index (χ0v) is 11.2. The Kier molecular flexibility index (Phi) is 4.30. The second-order valence-electron chi connectivity index (χ2n) is 4.51. The van der Waals surface area contributed by atoms with Crippen molar-refractivity contribution in [3.8, 4) is 0 Å². The standard InChI is InChI=1S/C15H16N2O3/c1-20-15(19)11(7-9-14(16)18)13-8-6-10-4-2-3-5-12(10)17-13/h2-6,8,11H,7,9H2,1H3,(H2,16,18). The van der Waals surface area contributed by atoms with E-state index in [-0.39, 0.29) is 6.42 Å². The molecule has 1 atom stereocenters. The van der Waals surface area contributed by atoms with Crippen LogP contribution in [0, 0.1) is 0 Å². The van der Waals surface area contributed by atoms with Gasteiger partial charge in [0, 0.05) is 11.8 Å². The summed E-state index contributed by atoms with van der Waals surface area (Å²) in [5.74, 6) is -1.43. The van der Waals surface area contributed by atoms with Crippen molar-refractivity contribution in [3.63, 3.8) is 0 Å². The summed E-state index contributed by atoms with van der Waals surface area (Å²) in [7, 11) is 1.32. The molecule has 5 nitrogen and oxygen atoms in total. The summed E-state index contributed by atoms with van der Waals surface area (Å²) in [6, 6.07) is 11.3. The van der Waals surface area contributed by atoms with Crippen molar-refractivity contribution in [3.05, 3.63) is 42.1 Å². The summed E-state index contributed by atoms with van der Waals surface area (Å²) >= 11 is 0. The Labute approximate surface area is 116 Å². The first-order chi connectivity index (χ1) is 9.61. The normalized spacial score (nSPS) is 12.1. The van der Waals surface area contributed by atoms with Gasteiger partial charge in [-0.25, -0.2) is 0 Å². The molecule has 20 heavy (non-hydrogen) atoms. The van der Waals surface area contributed by atoms with E-state index in [1.807, 2.05) is 30.3 Å². The third-order valence-electron chi connectivity index (χ3n) is 3.14. The van der Waals surface area contributed by atoms with Crippen molar-refractivity contribution in [2.75, 3.05) is 7.11 Å². The summed E-state index contributed by atoms with van der Waals surface area (Å²) in [4.78, 5) is 27.2. The lowest BCUT2D eigenvalue weighted by Gasteiger charge is -2.13. The van der Waals surface area contributed by atoms with Crippen LogP contribution in [0.15, 0.2) is 36.4 Å². The number of aromatic nitrogens is 1. The molecule has 0 aliphatic heterocycles. The number of ether oxygens (including phenoxy) is 1. The maximum atomic E-state index is 11.8. The largest absolute Gasteiger partial charge is 0.469 e. The van der Waals surface area contributed by atoms with Crippen LogP contribution in [-0.2, 0) is 14.3 Å². The minimum atomic E-state index is -0.572. The lowest BCUT2D eigenvalue weighted by atomic mass is 9.98. The van der Waals surface area contributed by atoms with Gasteiger partial charge in [0.25, 0.3) is 0 Å².